The van der Waals surface area contributed by atoms with Crippen molar-refractivity contribution < 1.29 is 9.53 Å². The molecule has 0 spiro atoms. The highest BCUT2D eigenvalue weighted by Gasteiger charge is 2.27. The molecule has 2 heterocycles. The molecular weight excluding hydrogens is 374 g/mol. The van der Waals surface area contributed by atoms with E-state index in [4.69, 9.17) is 4.74 Å². The molecule has 0 aromatic carbocycles. The topological polar surface area (TPSA) is 78.9 Å². The van der Waals surface area contributed by atoms with Crippen LogP contribution in [0.2, 0.25) is 0 Å². The number of thiazole rings is 1. The molecule has 1 amide bonds. The smallest absolute Gasteiger partial charge is 0.410 e. The Balaban J connectivity index is 1.73. The quantitative estimate of drug-likeness (QED) is 0.577. The number of aromatic nitrogens is 1. The summed E-state index contributed by atoms with van der Waals surface area (Å²) in [7, 11) is 1.78. The maximum Gasteiger partial charge on any atom is 0.410 e. The first-order valence-electron chi connectivity index (χ1n) is 10.0. The molecule has 2 rings (SSSR count). The number of rotatable bonds is 5. The second-order valence-corrected chi connectivity index (χ2v) is 9.60. The first-order valence-corrected chi connectivity index (χ1v) is 10.8. The van der Waals surface area contributed by atoms with Crippen molar-refractivity contribution in [3.8, 4) is 0 Å². The second-order valence-electron chi connectivity index (χ2n) is 8.31. The van der Waals surface area contributed by atoms with Crippen molar-refractivity contribution in [1.82, 2.24) is 20.5 Å². The van der Waals surface area contributed by atoms with Crippen LogP contribution in [0.3, 0.4) is 0 Å². The van der Waals surface area contributed by atoms with Crippen LogP contribution in [0.4, 0.5) is 4.79 Å². The lowest BCUT2D eigenvalue weighted by Gasteiger charge is -2.34. The van der Waals surface area contributed by atoms with Gasteiger partial charge in [-0.05, 0) is 53.4 Å². The predicted molar refractivity (Wildman–Crippen MR) is 115 cm³/mol. The van der Waals surface area contributed by atoms with Crippen molar-refractivity contribution in [3.63, 3.8) is 0 Å². The van der Waals surface area contributed by atoms with Gasteiger partial charge in [0.1, 0.15) is 5.60 Å². The Labute approximate surface area is 173 Å². The summed E-state index contributed by atoms with van der Waals surface area (Å²) in [6.45, 7) is 12.9. The van der Waals surface area contributed by atoms with Crippen molar-refractivity contribution in [2.75, 3.05) is 33.2 Å². The number of nitrogens with one attached hydrogen (secondary N) is 2. The maximum absolute atomic E-state index is 12.3. The minimum Gasteiger partial charge on any atom is -0.444 e. The normalized spacial score (nSPS) is 18.1. The highest BCUT2D eigenvalue weighted by Crippen LogP contribution is 2.19. The monoisotopic (exact) mass is 409 g/mol. The second kappa shape index (κ2) is 10.1. The van der Waals surface area contributed by atoms with E-state index in [0.717, 1.165) is 62.1 Å². The van der Waals surface area contributed by atoms with Gasteiger partial charge in [0.25, 0.3) is 0 Å². The van der Waals surface area contributed by atoms with Gasteiger partial charge in [-0.2, -0.15) is 0 Å². The third-order valence-electron chi connectivity index (χ3n) is 4.66. The van der Waals surface area contributed by atoms with Crippen LogP contribution in [0.1, 0.15) is 49.2 Å². The molecule has 7 nitrogen and oxygen atoms in total. The van der Waals surface area contributed by atoms with Crippen LogP contribution in [0, 0.1) is 19.8 Å². The summed E-state index contributed by atoms with van der Waals surface area (Å²) in [5.74, 6) is 1.18. The summed E-state index contributed by atoms with van der Waals surface area (Å²) in [6, 6.07) is 0. The van der Waals surface area contributed by atoms with Crippen LogP contribution in [-0.2, 0) is 11.2 Å². The molecule has 158 valence electrons. The van der Waals surface area contributed by atoms with Crippen molar-refractivity contribution in [1.29, 1.82) is 0 Å². The summed E-state index contributed by atoms with van der Waals surface area (Å²) >= 11 is 1.76. The Morgan fingerprint density at radius 3 is 2.71 bits per heavy atom. The van der Waals surface area contributed by atoms with Crippen LogP contribution in [0.5, 0.6) is 0 Å². The molecule has 8 heteroatoms. The van der Waals surface area contributed by atoms with E-state index in [0.29, 0.717) is 5.92 Å². The average Bonchev–Trinajstić information content (AvgIpc) is 2.94. The third kappa shape index (κ3) is 7.30. The number of amides is 1. The van der Waals surface area contributed by atoms with E-state index in [9.17, 15) is 4.79 Å². The number of hydrogen-bond acceptors (Lipinski definition) is 5. The van der Waals surface area contributed by atoms with E-state index in [2.05, 4.69) is 27.5 Å². The van der Waals surface area contributed by atoms with Crippen molar-refractivity contribution in [2.24, 2.45) is 10.9 Å². The SMILES string of the molecule is CN=C(NCCc1nc(C)c(C)s1)NCC1CCCN(C(=O)OC(C)(C)C)C1. The molecule has 1 aromatic rings. The van der Waals surface area contributed by atoms with E-state index in [1.165, 1.54) is 4.88 Å². The van der Waals surface area contributed by atoms with Crippen LogP contribution < -0.4 is 10.6 Å². The molecule has 1 aliphatic rings. The zero-order chi connectivity index (χ0) is 20.7. The number of carbonyl (C=O) groups is 1. The molecule has 28 heavy (non-hydrogen) atoms. The van der Waals surface area contributed by atoms with Crippen LogP contribution in [-0.4, -0.2) is 60.8 Å². The predicted octanol–water partition coefficient (Wildman–Crippen LogP) is 3.11. The molecule has 2 N–H and O–H groups in total. The van der Waals surface area contributed by atoms with Crippen molar-refractivity contribution >= 4 is 23.4 Å². The van der Waals surface area contributed by atoms with E-state index >= 15 is 0 Å². The molecule has 0 bridgehead atoms. The Hall–Kier alpha value is -1.83. The minimum absolute atomic E-state index is 0.214. The van der Waals surface area contributed by atoms with Crippen molar-refractivity contribution in [3.05, 3.63) is 15.6 Å². The fourth-order valence-corrected chi connectivity index (χ4v) is 4.05. The van der Waals surface area contributed by atoms with Gasteiger partial charge in [-0.3, -0.25) is 4.99 Å². The Morgan fingerprint density at radius 1 is 1.36 bits per heavy atom. The van der Waals surface area contributed by atoms with E-state index in [-0.39, 0.29) is 6.09 Å². The fourth-order valence-electron chi connectivity index (χ4n) is 3.12. The lowest BCUT2D eigenvalue weighted by molar-refractivity contribution is 0.0168. The first-order chi connectivity index (χ1) is 13.2. The number of piperidine rings is 1. The third-order valence-corrected chi connectivity index (χ3v) is 5.79. The lowest BCUT2D eigenvalue weighted by atomic mass is 9.98. The minimum atomic E-state index is -0.456. The van der Waals surface area contributed by atoms with Gasteiger partial charge in [0.15, 0.2) is 5.96 Å². The lowest BCUT2D eigenvalue weighted by Crippen LogP contribution is -2.47. The van der Waals surface area contributed by atoms with E-state index in [1.807, 2.05) is 32.6 Å². The van der Waals surface area contributed by atoms with Gasteiger partial charge in [-0.15, -0.1) is 11.3 Å². The number of nitrogens with zero attached hydrogens (tertiary/aromatic N) is 3. The molecule has 1 atom stereocenters. The molecule has 1 aliphatic heterocycles. The summed E-state index contributed by atoms with van der Waals surface area (Å²) in [4.78, 5) is 24.3. The molecule has 0 radical (unpaired) electrons. The Kier molecular flexibility index (Phi) is 8.10. The maximum atomic E-state index is 12.3. The molecule has 0 aliphatic carbocycles. The van der Waals surface area contributed by atoms with Crippen LogP contribution in [0.15, 0.2) is 4.99 Å². The average molecular weight is 410 g/mol. The number of likely N-dealkylation sites (tertiary alicyclic amines) is 1. The van der Waals surface area contributed by atoms with Gasteiger partial charge >= 0.3 is 6.09 Å². The standard InChI is InChI=1S/C20H35N5O2S/c1-14-15(2)28-17(24-14)9-10-22-18(21-6)23-12-16-8-7-11-25(13-16)19(26)27-20(3,4)5/h16H,7-13H2,1-6H3,(H2,21,22,23). The number of aliphatic imine (C=N–C) groups is 1. The zero-order valence-electron chi connectivity index (χ0n) is 18.1. The highest BCUT2D eigenvalue weighted by atomic mass is 32.1. The van der Waals surface area contributed by atoms with E-state index < -0.39 is 5.60 Å². The van der Waals surface area contributed by atoms with Crippen molar-refractivity contribution in [2.45, 2.75) is 59.5 Å². The molecule has 1 fully saturated rings. The number of carbonyl (C=O) groups excluding carboxylic acids is 1. The van der Waals surface area contributed by atoms with Gasteiger partial charge in [-0.1, -0.05) is 0 Å². The van der Waals surface area contributed by atoms with Gasteiger partial charge < -0.3 is 20.3 Å². The zero-order valence-corrected chi connectivity index (χ0v) is 18.9. The van der Waals surface area contributed by atoms with Crippen LogP contribution in [0.25, 0.3) is 0 Å². The largest absolute Gasteiger partial charge is 0.444 e. The first kappa shape index (κ1) is 22.5. The summed E-state index contributed by atoms with van der Waals surface area (Å²) in [5, 5.41) is 7.90. The van der Waals surface area contributed by atoms with Crippen LogP contribution >= 0.6 is 11.3 Å². The highest BCUT2D eigenvalue weighted by molar-refractivity contribution is 7.11. The van der Waals surface area contributed by atoms with Gasteiger partial charge in [0, 0.05) is 44.5 Å². The van der Waals surface area contributed by atoms with Gasteiger partial charge in [0.2, 0.25) is 0 Å². The van der Waals surface area contributed by atoms with Gasteiger partial charge in [0.05, 0.1) is 10.7 Å². The summed E-state index contributed by atoms with van der Waals surface area (Å²) in [5.41, 5.74) is 0.664. The molecule has 0 saturated carbocycles. The molecule has 1 saturated heterocycles. The number of aryl methyl sites for hydroxylation is 2. The Morgan fingerprint density at radius 2 is 2.11 bits per heavy atom. The molecule has 1 unspecified atom stereocenters. The summed E-state index contributed by atoms with van der Waals surface area (Å²) in [6.07, 6.45) is 2.77. The van der Waals surface area contributed by atoms with E-state index in [1.54, 1.807) is 18.4 Å². The molecule has 1 aromatic heterocycles. The Bertz CT molecular complexity index is 661. The number of ether oxygens (including phenoxy) is 1. The fraction of sp³-hybridized carbons (Fsp3) is 0.750. The molecular formula is C20H35N5O2S. The number of hydrogen-bond donors (Lipinski definition) is 2. The summed E-state index contributed by atoms with van der Waals surface area (Å²) < 4.78 is 5.50. The van der Waals surface area contributed by atoms with Gasteiger partial charge in [-0.25, -0.2) is 9.78 Å². The number of guanidine groups is 1.